The molecule has 0 saturated heterocycles. The molecule has 0 fully saturated rings. The van der Waals surface area contributed by atoms with Crippen molar-refractivity contribution < 1.29 is 17.9 Å². The van der Waals surface area contributed by atoms with Crippen LogP contribution in [0, 0.1) is 0 Å². The molecule has 1 aromatic carbocycles. The van der Waals surface area contributed by atoms with E-state index in [1.54, 1.807) is 19.2 Å². The first kappa shape index (κ1) is 18.6. The maximum Gasteiger partial charge on any atom is 0.251 e. The fraction of sp³-hybridized carbons (Fsp3) is 0.533. The third-order valence-corrected chi connectivity index (χ3v) is 4.50. The second-order valence-electron chi connectivity index (χ2n) is 4.88. The lowest BCUT2D eigenvalue weighted by Crippen LogP contribution is -2.27. The zero-order valence-electron chi connectivity index (χ0n) is 13.1. The van der Waals surface area contributed by atoms with Gasteiger partial charge in [0.25, 0.3) is 5.91 Å². The van der Waals surface area contributed by atoms with Gasteiger partial charge in [-0.3, -0.25) is 4.79 Å². The highest BCUT2D eigenvalue weighted by Crippen LogP contribution is 2.11. The predicted molar refractivity (Wildman–Crippen MR) is 85.4 cm³/mol. The highest BCUT2D eigenvalue weighted by Gasteiger charge is 2.15. The van der Waals surface area contributed by atoms with Gasteiger partial charge in [-0.25, -0.2) is 13.1 Å². The van der Waals surface area contributed by atoms with Crippen molar-refractivity contribution in [1.29, 1.82) is 0 Å². The van der Waals surface area contributed by atoms with Gasteiger partial charge < -0.3 is 10.1 Å². The Labute approximate surface area is 132 Å². The van der Waals surface area contributed by atoms with Crippen molar-refractivity contribution >= 4 is 15.9 Å². The molecule has 0 aliphatic heterocycles. The monoisotopic (exact) mass is 328 g/mol. The Kier molecular flexibility index (Phi) is 8.08. The fourth-order valence-electron chi connectivity index (χ4n) is 1.79. The van der Waals surface area contributed by atoms with Gasteiger partial charge in [-0.05, 0) is 31.0 Å². The molecule has 0 atom stereocenters. The van der Waals surface area contributed by atoms with Crippen molar-refractivity contribution in [2.24, 2.45) is 0 Å². The van der Waals surface area contributed by atoms with E-state index in [-0.39, 0.29) is 10.8 Å². The number of carbonyl (C=O) groups is 1. The number of benzene rings is 1. The number of unbranched alkanes of at least 4 members (excludes halogenated alkanes) is 1. The van der Waals surface area contributed by atoms with Gasteiger partial charge in [0.05, 0.1) is 4.90 Å². The molecular weight excluding hydrogens is 304 g/mol. The van der Waals surface area contributed by atoms with Crippen molar-refractivity contribution in [3.05, 3.63) is 29.8 Å². The summed E-state index contributed by atoms with van der Waals surface area (Å²) >= 11 is 0. The van der Waals surface area contributed by atoms with E-state index in [4.69, 9.17) is 4.74 Å². The first-order valence-electron chi connectivity index (χ1n) is 7.38. The van der Waals surface area contributed by atoms with Crippen molar-refractivity contribution in [2.45, 2.75) is 31.1 Å². The smallest absolute Gasteiger partial charge is 0.251 e. The van der Waals surface area contributed by atoms with Crippen molar-refractivity contribution in [1.82, 2.24) is 10.0 Å². The molecule has 0 aromatic heterocycles. The molecule has 0 spiro atoms. The normalized spacial score (nSPS) is 11.4. The summed E-state index contributed by atoms with van der Waals surface area (Å²) in [6, 6.07) is 6.03. The van der Waals surface area contributed by atoms with Crippen LogP contribution in [0.4, 0.5) is 0 Å². The third kappa shape index (κ3) is 6.13. The second kappa shape index (κ2) is 9.55. The minimum Gasteiger partial charge on any atom is -0.385 e. The van der Waals surface area contributed by atoms with Crippen LogP contribution in [0.3, 0.4) is 0 Å². The molecular formula is C15H24N2O4S. The summed E-state index contributed by atoms with van der Waals surface area (Å²) in [6.45, 7) is 3.43. The van der Waals surface area contributed by atoms with E-state index in [0.29, 0.717) is 31.7 Å². The van der Waals surface area contributed by atoms with Crippen LogP contribution in [0.25, 0.3) is 0 Å². The first-order valence-corrected chi connectivity index (χ1v) is 8.86. The van der Waals surface area contributed by atoms with Gasteiger partial charge in [-0.15, -0.1) is 0 Å². The Morgan fingerprint density at radius 1 is 1.23 bits per heavy atom. The Balaban J connectivity index is 2.70. The standard InChI is InChI=1S/C15H24N2O4S/c1-3-4-10-17-22(19,20)14-8-5-7-13(12-14)15(18)16-9-6-11-21-2/h5,7-8,12,17H,3-4,6,9-11H2,1-2H3,(H,16,18). The molecule has 0 bridgehead atoms. The molecule has 0 heterocycles. The topological polar surface area (TPSA) is 84.5 Å². The molecule has 1 aromatic rings. The fourth-order valence-corrected chi connectivity index (χ4v) is 2.91. The average molecular weight is 328 g/mol. The maximum atomic E-state index is 12.1. The van der Waals surface area contributed by atoms with E-state index in [9.17, 15) is 13.2 Å². The molecule has 22 heavy (non-hydrogen) atoms. The molecule has 0 unspecified atom stereocenters. The molecule has 0 saturated carbocycles. The summed E-state index contributed by atoms with van der Waals surface area (Å²) in [5, 5.41) is 2.73. The molecule has 124 valence electrons. The summed E-state index contributed by atoms with van der Waals surface area (Å²) < 4.78 is 31.7. The number of hydrogen-bond acceptors (Lipinski definition) is 4. The number of hydrogen-bond donors (Lipinski definition) is 2. The lowest BCUT2D eigenvalue weighted by atomic mass is 10.2. The van der Waals surface area contributed by atoms with E-state index >= 15 is 0 Å². The Bertz CT molecular complexity index is 573. The minimum atomic E-state index is -3.57. The molecule has 0 radical (unpaired) electrons. The van der Waals surface area contributed by atoms with Crippen LogP contribution < -0.4 is 10.0 Å². The van der Waals surface area contributed by atoms with E-state index in [0.717, 1.165) is 12.8 Å². The lowest BCUT2D eigenvalue weighted by Gasteiger charge is -2.08. The maximum absolute atomic E-state index is 12.1. The van der Waals surface area contributed by atoms with Crippen LogP contribution in [0.15, 0.2) is 29.2 Å². The third-order valence-electron chi connectivity index (χ3n) is 3.04. The Morgan fingerprint density at radius 3 is 2.68 bits per heavy atom. The SMILES string of the molecule is CCCCNS(=O)(=O)c1cccc(C(=O)NCCCOC)c1. The first-order chi connectivity index (χ1) is 10.5. The average Bonchev–Trinajstić information content (AvgIpc) is 2.51. The number of nitrogens with one attached hydrogen (secondary N) is 2. The van der Waals surface area contributed by atoms with E-state index in [2.05, 4.69) is 10.0 Å². The molecule has 6 nitrogen and oxygen atoms in total. The van der Waals surface area contributed by atoms with Crippen LogP contribution in [-0.2, 0) is 14.8 Å². The van der Waals surface area contributed by atoms with Crippen LogP contribution in [0.5, 0.6) is 0 Å². The number of sulfonamides is 1. The van der Waals surface area contributed by atoms with Crippen LogP contribution in [0.2, 0.25) is 0 Å². The lowest BCUT2D eigenvalue weighted by molar-refractivity contribution is 0.0948. The van der Waals surface area contributed by atoms with E-state index in [1.165, 1.54) is 12.1 Å². The Hall–Kier alpha value is -1.44. The zero-order chi connectivity index (χ0) is 16.4. The molecule has 0 aliphatic carbocycles. The second-order valence-corrected chi connectivity index (χ2v) is 6.65. The number of ether oxygens (including phenoxy) is 1. The highest BCUT2D eigenvalue weighted by molar-refractivity contribution is 7.89. The van der Waals surface area contributed by atoms with Gasteiger partial charge >= 0.3 is 0 Å². The molecule has 0 aliphatic rings. The van der Waals surface area contributed by atoms with Crippen molar-refractivity contribution in [3.8, 4) is 0 Å². The van der Waals surface area contributed by atoms with Gasteiger partial charge in [0.1, 0.15) is 0 Å². The van der Waals surface area contributed by atoms with Crippen LogP contribution in [-0.4, -0.2) is 41.1 Å². The van der Waals surface area contributed by atoms with E-state index < -0.39 is 10.0 Å². The largest absolute Gasteiger partial charge is 0.385 e. The highest BCUT2D eigenvalue weighted by atomic mass is 32.2. The number of methoxy groups -OCH3 is 1. The predicted octanol–water partition coefficient (Wildman–Crippen LogP) is 1.53. The van der Waals surface area contributed by atoms with Crippen LogP contribution in [0.1, 0.15) is 36.5 Å². The summed E-state index contributed by atoms with van der Waals surface area (Å²) in [6.07, 6.45) is 2.39. The minimum absolute atomic E-state index is 0.105. The summed E-state index contributed by atoms with van der Waals surface area (Å²) in [7, 11) is -1.97. The Morgan fingerprint density at radius 2 is 2.00 bits per heavy atom. The summed E-state index contributed by atoms with van der Waals surface area (Å²) in [5.74, 6) is -0.290. The van der Waals surface area contributed by atoms with Gasteiger partial charge in [-0.1, -0.05) is 19.4 Å². The quantitative estimate of drug-likeness (QED) is 0.638. The molecule has 1 rings (SSSR count). The van der Waals surface area contributed by atoms with Gasteiger partial charge in [0.2, 0.25) is 10.0 Å². The van der Waals surface area contributed by atoms with Crippen molar-refractivity contribution in [2.75, 3.05) is 26.8 Å². The number of rotatable bonds is 10. The van der Waals surface area contributed by atoms with Crippen molar-refractivity contribution in [3.63, 3.8) is 0 Å². The zero-order valence-corrected chi connectivity index (χ0v) is 13.9. The van der Waals surface area contributed by atoms with Crippen LogP contribution >= 0.6 is 0 Å². The number of amides is 1. The van der Waals surface area contributed by atoms with Gasteiger partial charge in [0.15, 0.2) is 0 Å². The summed E-state index contributed by atoms with van der Waals surface area (Å²) in [4.78, 5) is 12.1. The van der Waals surface area contributed by atoms with Gasteiger partial charge in [0, 0.05) is 32.4 Å². The number of carbonyl (C=O) groups excluding carboxylic acids is 1. The van der Waals surface area contributed by atoms with E-state index in [1.807, 2.05) is 6.92 Å². The summed E-state index contributed by atoms with van der Waals surface area (Å²) in [5.41, 5.74) is 0.329. The molecule has 1 amide bonds. The molecule has 2 N–H and O–H groups in total. The molecule has 7 heteroatoms. The van der Waals surface area contributed by atoms with Gasteiger partial charge in [-0.2, -0.15) is 0 Å².